The molecule has 0 fully saturated rings. The molecule has 1 rings (SSSR count). The number of rotatable bonds is 4. The molecule has 1 aromatic rings. The van der Waals surface area contributed by atoms with Crippen LogP contribution in [0.5, 0.6) is 0 Å². The summed E-state index contributed by atoms with van der Waals surface area (Å²) in [5.74, 6) is -2.92. The minimum atomic E-state index is -2.08. The van der Waals surface area contributed by atoms with Crippen molar-refractivity contribution in [2.75, 3.05) is 6.54 Å². The van der Waals surface area contributed by atoms with E-state index in [1.165, 1.54) is 12.1 Å². The zero-order chi connectivity index (χ0) is 13.9. The topological polar surface area (TPSA) is 86.6 Å². The summed E-state index contributed by atoms with van der Waals surface area (Å²) >= 11 is 5.45. The summed E-state index contributed by atoms with van der Waals surface area (Å²) in [5, 5.41) is 20.1. The molecule has 0 saturated heterocycles. The quantitative estimate of drug-likeness (QED) is 0.766. The minimum absolute atomic E-state index is 0.0157. The van der Waals surface area contributed by atoms with Gasteiger partial charge >= 0.3 is 5.97 Å². The number of hydrogen-bond donors (Lipinski definition) is 3. The Balaban J connectivity index is 2.72. The highest BCUT2D eigenvalue weighted by atomic mass is 35.5. The van der Waals surface area contributed by atoms with Crippen LogP contribution in [0.3, 0.4) is 0 Å². The lowest BCUT2D eigenvalue weighted by Gasteiger charge is -2.18. The monoisotopic (exact) mass is 275 g/mol. The van der Waals surface area contributed by atoms with E-state index in [0.29, 0.717) is 0 Å². The second kappa shape index (κ2) is 5.32. The number of carbonyl (C=O) groups is 2. The second-order valence-corrected chi connectivity index (χ2v) is 4.30. The van der Waals surface area contributed by atoms with E-state index in [0.717, 1.165) is 13.0 Å². The average Bonchev–Trinajstić information content (AvgIpc) is 2.29. The van der Waals surface area contributed by atoms with Gasteiger partial charge in [-0.1, -0.05) is 11.6 Å². The van der Waals surface area contributed by atoms with E-state index < -0.39 is 29.8 Å². The normalized spacial score (nSPS) is 13.8. The van der Waals surface area contributed by atoms with Crippen molar-refractivity contribution in [3.8, 4) is 0 Å². The van der Waals surface area contributed by atoms with Crippen LogP contribution in [-0.2, 0) is 4.79 Å². The van der Waals surface area contributed by atoms with E-state index in [1.54, 1.807) is 0 Å². The smallest absolute Gasteiger partial charge is 0.337 e. The van der Waals surface area contributed by atoms with Gasteiger partial charge in [0.15, 0.2) is 5.60 Å². The predicted octanol–water partition coefficient (Wildman–Crippen LogP) is 1.04. The van der Waals surface area contributed by atoms with Gasteiger partial charge in [-0.3, -0.25) is 4.79 Å². The van der Waals surface area contributed by atoms with Gasteiger partial charge in [0.05, 0.1) is 11.6 Å². The van der Waals surface area contributed by atoms with Crippen molar-refractivity contribution < 1.29 is 24.2 Å². The Morgan fingerprint density at radius 3 is 2.61 bits per heavy atom. The molecule has 0 aromatic heterocycles. The van der Waals surface area contributed by atoms with E-state index in [2.05, 4.69) is 5.32 Å². The van der Waals surface area contributed by atoms with Crippen LogP contribution < -0.4 is 5.32 Å². The van der Waals surface area contributed by atoms with Crippen LogP contribution >= 0.6 is 11.6 Å². The molecule has 1 unspecified atom stereocenters. The first kappa shape index (κ1) is 14.4. The van der Waals surface area contributed by atoms with E-state index in [4.69, 9.17) is 16.7 Å². The number of amides is 1. The zero-order valence-corrected chi connectivity index (χ0v) is 10.2. The molecule has 0 aliphatic rings. The van der Waals surface area contributed by atoms with Crippen LogP contribution in [0.25, 0.3) is 0 Å². The van der Waals surface area contributed by atoms with Crippen molar-refractivity contribution in [1.29, 1.82) is 0 Å². The van der Waals surface area contributed by atoms with E-state index in [-0.39, 0.29) is 10.6 Å². The first-order valence-electron chi connectivity index (χ1n) is 4.93. The Labute approximate surface area is 107 Å². The van der Waals surface area contributed by atoms with Crippen LogP contribution in [0.4, 0.5) is 4.39 Å². The molecule has 1 amide bonds. The number of carbonyl (C=O) groups excluding carboxylic acids is 1. The SMILES string of the molecule is CC(O)(CNC(=O)c1ccc(Cl)c(F)c1)C(=O)O. The van der Waals surface area contributed by atoms with Gasteiger partial charge in [-0.2, -0.15) is 0 Å². The fourth-order valence-corrected chi connectivity index (χ4v) is 1.18. The molecule has 1 atom stereocenters. The van der Waals surface area contributed by atoms with Gasteiger partial charge < -0.3 is 15.5 Å². The van der Waals surface area contributed by atoms with Crippen molar-refractivity contribution >= 4 is 23.5 Å². The Bertz CT molecular complexity index is 490. The summed E-state index contributed by atoms with van der Waals surface area (Å²) in [5.41, 5.74) is -2.10. The van der Waals surface area contributed by atoms with Crippen molar-refractivity contribution in [3.63, 3.8) is 0 Å². The molecular formula is C11H11ClFNO4. The molecule has 0 spiro atoms. The van der Waals surface area contributed by atoms with Gasteiger partial charge in [0.2, 0.25) is 0 Å². The van der Waals surface area contributed by atoms with Crippen LogP contribution in [0, 0.1) is 5.82 Å². The summed E-state index contributed by atoms with van der Waals surface area (Å²) in [6.07, 6.45) is 0. The first-order valence-corrected chi connectivity index (χ1v) is 5.31. The molecule has 18 heavy (non-hydrogen) atoms. The average molecular weight is 276 g/mol. The van der Waals surface area contributed by atoms with Crippen molar-refractivity contribution in [3.05, 3.63) is 34.6 Å². The van der Waals surface area contributed by atoms with Crippen LogP contribution in [-0.4, -0.2) is 34.2 Å². The van der Waals surface area contributed by atoms with E-state index in [9.17, 15) is 19.1 Å². The Morgan fingerprint density at radius 1 is 1.50 bits per heavy atom. The molecule has 0 radical (unpaired) electrons. The third kappa shape index (κ3) is 3.41. The molecule has 98 valence electrons. The maximum atomic E-state index is 13.1. The molecule has 7 heteroatoms. The van der Waals surface area contributed by atoms with Crippen LogP contribution in [0.2, 0.25) is 5.02 Å². The second-order valence-electron chi connectivity index (χ2n) is 3.89. The maximum absolute atomic E-state index is 13.1. The van der Waals surface area contributed by atoms with Gasteiger partial charge in [-0.05, 0) is 25.1 Å². The molecule has 1 aromatic carbocycles. The lowest BCUT2D eigenvalue weighted by atomic mass is 10.1. The summed E-state index contributed by atoms with van der Waals surface area (Å²) in [4.78, 5) is 22.1. The number of carboxylic acids is 1. The maximum Gasteiger partial charge on any atom is 0.337 e. The van der Waals surface area contributed by atoms with Crippen molar-refractivity contribution in [1.82, 2.24) is 5.32 Å². The number of halogens is 2. The first-order chi connectivity index (χ1) is 8.24. The standard InChI is InChI=1S/C11H11ClFNO4/c1-11(18,10(16)17)5-14-9(15)6-2-3-7(12)8(13)4-6/h2-4,18H,5H2,1H3,(H,14,15)(H,16,17). The Hall–Kier alpha value is -1.66. The molecule has 0 aliphatic heterocycles. The number of nitrogens with one attached hydrogen (secondary N) is 1. The fourth-order valence-electron chi connectivity index (χ4n) is 1.07. The summed E-state index contributed by atoms with van der Waals surface area (Å²) in [6, 6.07) is 3.42. The Morgan fingerprint density at radius 2 is 2.11 bits per heavy atom. The molecule has 0 heterocycles. The van der Waals surface area contributed by atoms with Gasteiger partial charge in [-0.15, -0.1) is 0 Å². The third-order valence-electron chi connectivity index (χ3n) is 2.24. The van der Waals surface area contributed by atoms with Gasteiger partial charge in [0, 0.05) is 5.56 Å². The molecule has 5 nitrogen and oxygen atoms in total. The largest absolute Gasteiger partial charge is 0.479 e. The van der Waals surface area contributed by atoms with Crippen LogP contribution in [0.1, 0.15) is 17.3 Å². The summed E-state index contributed by atoms with van der Waals surface area (Å²) < 4.78 is 13.1. The summed E-state index contributed by atoms with van der Waals surface area (Å²) in [6.45, 7) is 0.545. The number of aliphatic carboxylic acids is 1. The number of benzene rings is 1. The van der Waals surface area contributed by atoms with Crippen molar-refractivity contribution in [2.24, 2.45) is 0 Å². The number of hydrogen-bond acceptors (Lipinski definition) is 3. The molecule has 0 bridgehead atoms. The molecular weight excluding hydrogens is 265 g/mol. The molecule has 3 N–H and O–H groups in total. The van der Waals surface area contributed by atoms with Gasteiger partial charge in [0.25, 0.3) is 5.91 Å². The van der Waals surface area contributed by atoms with Gasteiger partial charge in [-0.25, -0.2) is 9.18 Å². The van der Waals surface area contributed by atoms with Gasteiger partial charge in [0.1, 0.15) is 5.82 Å². The van der Waals surface area contributed by atoms with E-state index >= 15 is 0 Å². The molecule has 0 aliphatic carbocycles. The lowest BCUT2D eigenvalue weighted by Crippen LogP contribution is -2.46. The van der Waals surface area contributed by atoms with Crippen LogP contribution in [0.15, 0.2) is 18.2 Å². The third-order valence-corrected chi connectivity index (χ3v) is 2.54. The highest BCUT2D eigenvalue weighted by Crippen LogP contribution is 2.15. The van der Waals surface area contributed by atoms with Crippen molar-refractivity contribution in [2.45, 2.75) is 12.5 Å². The Kier molecular flexibility index (Phi) is 4.26. The highest BCUT2D eigenvalue weighted by Gasteiger charge is 2.30. The number of carboxylic acid groups (broad SMARTS) is 1. The lowest BCUT2D eigenvalue weighted by molar-refractivity contribution is -0.155. The summed E-state index contributed by atoms with van der Waals surface area (Å²) in [7, 11) is 0. The number of aliphatic hydroxyl groups is 1. The predicted molar refractivity (Wildman–Crippen MR) is 62.0 cm³/mol. The zero-order valence-electron chi connectivity index (χ0n) is 9.41. The van der Waals surface area contributed by atoms with E-state index in [1.807, 2.05) is 0 Å². The highest BCUT2D eigenvalue weighted by molar-refractivity contribution is 6.30. The fraction of sp³-hybridized carbons (Fsp3) is 0.273. The molecule has 0 saturated carbocycles. The minimum Gasteiger partial charge on any atom is -0.479 e.